The van der Waals surface area contributed by atoms with Gasteiger partial charge in [-0.2, -0.15) is 0 Å². The van der Waals surface area contributed by atoms with Gasteiger partial charge in [-0.05, 0) is 261 Å². The number of furan rings is 3. The molecule has 3 heterocycles. The smallest absolute Gasteiger partial charge is 0.140 e. The van der Waals surface area contributed by atoms with Crippen molar-refractivity contribution in [3.8, 4) is 33.4 Å². The Balaban J connectivity index is 0.000000114. The number of hydrogen-bond donors (Lipinski definition) is 0. The third-order valence-electron chi connectivity index (χ3n) is 29.9. The predicted octanol–water partition coefficient (Wildman–Crippen LogP) is 37.7. The van der Waals surface area contributed by atoms with Crippen LogP contribution in [0, 0.1) is 0 Å². The van der Waals surface area contributed by atoms with Crippen LogP contribution in [0.25, 0.3) is 132 Å². The second-order valence-electron chi connectivity index (χ2n) is 37.5. The van der Waals surface area contributed by atoms with Crippen molar-refractivity contribution in [2.45, 2.75) is 16.2 Å². The number of para-hydroxylation sites is 7. The number of benzene rings is 24. The van der Waals surface area contributed by atoms with E-state index in [1.54, 1.807) is 0 Å². The standard InChI is InChI=1S/3C47H31NO/c1-3-17-33(18-4-1)47(43-26-14-24-39-38-23-10-12-28-45(38)49-46(39)43)41-25-11-9-22-37(41)40-31-35(29-30-42(40)47)48(34-19-5-2-6-20-34)44-27-13-16-32-15-7-8-21-36(32)44;1-3-16-34(17-4-1)47(43-23-13-25-45-46(43)39-21-10-12-24-44(39)49-45)41-22-11-9-20-38(41)40-31-37(28-29-42(40)47)48(35-18-5-2-6-19-35)36-27-26-32-14-7-8-15-33(32)30-36;1-3-15-34(16-4-1)47(35-24-28-46-42(30-35)40-20-10-12-22-45(40)49-46)43-21-11-9-19-39(43)41-31-38(26-27-44(41)47)48(36-17-5-2-6-18-36)37-25-23-32-13-7-8-14-33(32)29-37/h3*1-31H/i1D,3D,4D,17D,18D;1D,3D,4D,16D,17D;1D,3D,4D,15D,16D. The lowest BCUT2D eigenvalue weighted by molar-refractivity contribution is 0.648. The number of rotatable bonds is 15. The summed E-state index contributed by atoms with van der Waals surface area (Å²) in [5, 5.41) is 12.2. The van der Waals surface area contributed by atoms with Gasteiger partial charge in [0.2, 0.25) is 0 Å². The van der Waals surface area contributed by atoms with Gasteiger partial charge in [0.25, 0.3) is 0 Å². The first-order valence-corrected chi connectivity index (χ1v) is 49.3. The quantitative estimate of drug-likeness (QED) is 0.102. The van der Waals surface area contributed by atoms with Gasteiger partial charge in [0.15, 0.2) is 0 Å². The van der Waals surface area contributed by atoms with Gasteiger partial charge in [0.1, 0.15) is 33.5 Å². The van der Waals surface area contributed by atoms with E-state index < -0.39 is 34.4 Å². The van der Waals surface area contributed by atoms with Crippen LogP contribution in [-0.4, -0.2) is 0 Å². The van der Waals surface area contributed by atoms with E-state index in [1.807, 2.05) is 261 Å². The van der Waals surface area contributed by atoms with Crippen molar-refractivity contribution >= 4 is 149 Å². The van der Waals surface area contributed by atoms with E-state index in [9.17, 15) is 8.22 Å². The van der Waals surface area contributed by atoms with Crippen LogP contribution in [0.1, 0.15) is 87.3 Å². The third-order valence-corrected chi connectivity index (χ3v) is 29.9. The monoisotopic (exact) mass is 1890 g/mol. The number of fused-ring (bicyclic) bond motifs is 21. The fourth-order valence-corrected chi connectivity index (χ4v) is 23.8. The Bertz CT molecular complexity index is 10800. The largest absolute Gasteiger partial charge is 0.456 e. The van der Waals surface area contributed by atoms with E-state index in [0.717, 1.165) is 199 Å². The second kappa shape index (κ2) is 35.2. The summed E-state index contributed by atoms with van der Waals surface area (Å²) in [4.78, 5) is 6.74. The van der Waals surface area contributed by atoms with Crippen LogP contribution in [-0.2, 0) is 16.2 Å². The van der Waals surface area contributed by atoms with Crippen LogP contribution in [0.5, 0.6) is 0 Å². The summed E-state index contributed by atoms with van der Waals surface area (Å²) in [6, 6.07) is 155. The molecule has 27 aromatic rings. The normalized spacial score (nSPS) is 16.4. The van der Waals surface area contributed by atoms with E-state index in [2.05, 4.69) is 227 Å². The molecule has 3 aliphatic carbocycles. The molecule has 30 rings (SSSR count). The molecule has 24 aromatic carbocycles. The molecule has 0 amide bonds. The van der Waals surface area contributed by atoms with Gasteiger partial charge in [0.05, 0.1) is 42.5 Å². The lowest BCUT2D eigenvalue weighted by atomic mass is 9.66. The molecule has 0 N–H and O–H groups in total. The second-order valence-corrected chi connectivity index (χ2v) is 37.5. The number of nitrogens with zero attached hydrogens (tertiary/aromatic N) is 3. The molecule has 0 spiro atoms. The zero-order valence-corrected chi connectivity index (χ0v) is 79.1. The highest BCUT2D eigenvalue weighted by Crippen LogP contribution is 2.64. The summed E-state index contributed by atoms with van der Waals surface area (Å²) >= 11 is 0. The van der Waals surface area contributed by atoms with E-state index in [4.69, 9.17) is 25.6 Å². The molecule has 147 heavy (non-hydrogen) atoms. The zero-order valence-electron chi connectivity index (χ0n) is 94.1. The van der Waals surface area contributed by atoms with Gasteiger partial charge >= 0.3 is 0 Å². The van der Waals surface area contributed by atoms with E-state index in [0.29, 0.717) is 33.5 Å². The van der Waals surface area contributed by atoms with E-state index in [-0.39, 0.29) is 89.2 Å². The molecule has 6 heteroatoms. The molecule has 0 aliphatic heterocycles. The van der Waals surface area contributed by atoms with Crippen molar-refractivity contribution in [1.29, 1.82) is 0 Å². The van der Waals surface area contributed by atoms with Crippen molar-refractivity contribution in [2.24, 2.45) is 0 Å². The molecule has 690 valence electrons. The van der Waals surface area contributed by atoms with Crippen LogP contribution in [0.3, 0.4) is 0 Å². The summed E-state index contributed by atoms with van der Waals surface area (Å²) in [5.41, 5.74) is 22.5. The Hall–Kier alpha value is -19.1. The molecule has 0 radical (unpaired) electrons. The van der Waals surface area contributed by atoms with E-state index in [1.165, 1.54) is 0 Å². The molecule has 3 aliphatic rings. The SMILES string of the molecule is [2H]c1c([2H])c([2H])c(C2(c3ccc4oc5ccccc5c4c3)c3ccccc3-c3cc(N(c4ccccc4)c4ccc5ccccc5c4)ccc32)c([2H])c1[2H].[2H]c1c([2H])c([2H])c(C2(c3cccc4c3oc3ccccc34)c3ccccc3-c3cc(N(c4ccccc4)c4cccc5ccccc45)ccc32)c([2H])c1[2H].[2H]c1c([2H])c([2H])c(C2(c3cccc4oc5ccccc5c34)c3ccccc3-c3cc(N(c4ccccc4)c4ccc5ccccc5c4)ccc32)c([2H])c1[2H]. The van der Waals surface area contributed by atoms with Gasteiger partial charge < -0.3 is 28.0 Å². The first kappa shape index (κ1) is 71.3. The maximum Gasteiger partial charge on any atom is 0.140 e. The van der Waals surface area contributed by atoms with Crippen molar-refractivity contribution in [1.82, 2.24) is 0 Å². The summed E-state index contributed by atoms with van der Waals surface area (Å²) < 4.78 is 155. The highest BCUT2D eigenvalue weighted by Gasteiger charge is 2.51. The maximum absolute atomic E-state index is 9.49. The van der Waals surface area contributed by atoms with Gasteiger partial charge in [0, 0.05) is 88.8 Å². The van der Waals surface area contributed by atoms with Crippen molar-refractivity contribution in [2.75, 3.05) is 14.7 Å². The summed E-state index contributed by atoms with van der Waals surface area (Å²) in [6.07, 6.45) is 0. The third kappa shape index (κ3) is 13.7. The minimum atomic E-state index is -1.33. The van der Waals surface area contributed by atoms with Crippen LogP contribution < -0.4 is 14.7 Å². The average Bonchev–Trinajstić information content (AvgIpc) is 1.52. The highest BCUT2D eigenvalue weighted by atomic mass is 16.3. The fourth-order valence-electron chi connectivity index (χ4n) is 23.8. The minimum absolute atomic E-state index is 0.189. The lowest BCUT2D eigenvalue weighted by Crippen LogP contribution is -2.28. The Labute approximate surface area is 872 Å². The van der Waals surface area contributed by atoms with Gasteiger partial charge in [-0.25, -0.2) is 0 Å². The minimum Gasteiger partial charge on any atom is -0.456 e. The lowest BCUT2D eigenvalue weighted by Gasteiger charge is -2.34. The molecule has 0 fully saturated rings. The van der Waals surface area contributed by atoms with Gasteiger partial charge in [-0.3, -0.25) is 0 Å². The molecule has 0 saturated carbocycles. The van der Waals surface area contributed by atoms with Crippen LogP contribution in [0.4, 0.5) is 51.2 Å². The van der Waals surface area contributed by atoms with Crippen LogP contribution >= 0.6 is 0 Å². The average molecular weight is 1890 g/mol. The zero-order chi connectivity index (χ0) is 110. The summed E-state index contributed by atoms with van der Waals surface area (Å²) in [5.74, 6) is 0. The summed E-state index contributed by atoms with van der Waals surface area (Å²) in [7, 11) is 0. The van der Waals surface area contributed by atoms with Crippen LogP contribution in [0.15, 0.2) is 577 Å². The molecular weight excluding hydrogens is 1780 g/mol. The summed E-state index contributed by atoms with van der Waals surface area (Å²) in [6.45, 7) is 0. The van der Waals surface area contributed by atoms with Crippen molar-refractivity contribution in [3.05, 3.63) is 631 Å². The van der Waals surface area contributed by atoms with Gasteiger partial charge in [-0.1, -0.05) is 424 Å². The molecule has 6 nitrogen and oxygen atoms in total. The number of anilines is 9. The maximum atomic E-state index is 9.49. The molecule has 0 bridgehead atoms. The molecular formula is C141H93N3O3. The van der Waals surface area contributed by atoms with Gasteiger partial charge in [-0.15, -0.1) is 0 Å². The fraction of sp³-hybridized carbons (Fsp3) is 0.0213. The highest BCUT2D eigenvalue weighted by molar-refractivity contribution is 6.12. The number of hydrogen-bond acceptors (Lipinski definition) is 6. The van der Waals surface area contributed by atoms with Crippen LogP contribution in [0.2, 0.25) is 0 Å². The van der Waals surface area contributed by atoms with Crippen molar-refractivity contribution in [3.63, 3.8) is 0 Å². The Morgan fingerprint density at radius 3 is 1.04 bits per heavy atom. The Morgan fingerprint density at radius 2 is 0.503 bits per heavy atom. The molecule has 3 atom stereocenters. The first-order valence-electron chi connectivity index (χ1n) is 56.8. The van der Waals surface area contributed by atoms with Crippen molar-refractivity contribution < 1.29 is 33.8 Å². The van der Waals surface area contributed by atoms with E-state index >= 15 is 0 Å². The Morgan fingerprint density at radius 1 is 0.170 bits per heavy atom. The molecule has 3 unspecified atom stereocenters. The Kier molecular flexibility index (Phi) is 17.1. The predicted molar refractivity (Wildman–Crippen MR) is 610 cm³/mol. The molecule has 0 saturated heterocycles. The topological polar surface area (TPSA) is 49.1 Å². The molecule has 3 aromatic heterocycles. The first-order chi connectivity index (χ1) is 79.1.